The van der Waals surface area contributed by atoms with Crippen molar-refractivity contribution in [3.63, 3.8) is 0 Å². The molecule has 3 heteroatoms. The summed E-state index contributed by atoms with van der Waals surface area (Å²) in [4.78, 5) is 13.0. The normalized spacial score (nSPS) is 18.8. The lowest BCUT2D eigenvalue weighted by Crippen LogP contribution is -2.42. The molecule has 1 aromatic carbocycles. The molecule has 1 heterocycles. The van der Waals surface area contributed by atoms with Gasteiger partial charge < -0.3 is 10.6 Å². The zero-order valence-electron chi connectivity index (χ0n) is 9.86. The second kappa shape index (κ2) is 3.81. The van der Waals surface area contributed by atoms with E-state index in [1.165, 1.54) is 11.1 Å². The van der Waals surface area contributed by atoms with Crippen LogP contribution in [0.25, 0.3) is 0 Å². The number of hydrogen-bond acceptors (Lipinski definition) is 1. The molecule has 2 amide bonds. The van der Waals surface area contributed by atoms with Gasteiger partial charge in [-0.2, -0.15) is 0 Å². The molecule has 1 aliphatic heterocycles. The number of carbonyl (C=O) groups is 1. The van der Waals surface area contributed by atoms with E-state index in [4.69, 9.17) is 5.73 Å². The van der Waals surface area contributed by atoms with Gasteiger partial charge in [-0.05, 0) is 17.5 Å². The molecule has 86 valence electrons. The van der Waals surface area contributed by atoms with Crippen LogP contribution in [0.5, 0.6) is 0 Å². The first kappa shape index (κ1) is 11.0. The summed E-state index contributed by atoms with van der Waals surface area (Å²) in [5.41, 5.74) is 8.02. The molecule has 0 saturated heterocycles. The summed E-state index contributed by atoms with van der Waals surface area (Å²) in [6.45, 7) is 5.73. The minimum Gasteiger partial charge on any atom is -0.351 e. The summed E-state index contributed by atoms with van der Waals surface area (Å²) < 4.78 is 0. The zero-order valence-corrected chi connectivity index (χ0v) is 9.86. The fraction of sp³-hybridized carbons (Fsp3) is 0.462. The van der Waals surface area contributed by atoms with Crippen LogP contribution in [0.1, 0.15) is 25.0 Å². The van der Waals surface area contributed by atoms with Gasteiger partial charge in [-0.25, -0.2) is 4.79 Å². The number of nitrogens with zero attached hydrogens (tertiary/aromatic N) is 1. The third-order valence-electron chi connectivity index (χ3n) is 3.30. The van der Waals surface area contributed by atoms with Gasteiger partial charge in [-0.15, -0.1) is 0 Å². The van der Waals surface area contributed by atoms with Gasteiger partial charge in [0.15, 0.2) is 0 Å². The Kier molecular flexibility index (Phi) is 2.62. The van der Waals surface area contributed by atoms with Gasteiger partial charge in [-0.3, -0.25) is 0 Å². The van der Waals surface area contributed by atoms with Crippen LogP contribution in [0.3, 0.4) is 0 Å². The highest BCUT2D eigenvalue weighted by atomic mass is 16.2. The van der Waals surface area contributed by atoms with Crippen LogP contribution >= 0.6 is 0 Å². The topological polar surface area (TPSA) is 46.3 Å². The molecular formula is C13H18N2O. The summed E-state index contributed by atoms with van der Waals surface area (Å²) in [5, 5.41) is 0. The number of hydrogen-bond donors (Lipinski definition) is 1. The highest BCUT2D eigenvalue weighted by molar-refractivity contribution is 5.72. The molecule has 0 saturated carbocycles. The fourth-order valence-corrected chi connectivity index (χ4v) is 2.48. The number of nitrogens with two attached hydrogens (primary N) is 1. The first-order valence-corrected chi connectivity index (χ1v) is 5.63. The van der Waals surface area contributed by atoms with E-state index < -0.39 is 0 Å². The maximum atomic E-state index is 11.3. The van der Waals surface area contributed by atoms with E-state index in [9.17, 15) is 4.79 Å². The number of rotatable bonds is 0. The molecule has 1 aromatic rings. The molecule has 0 spiro atoms. The van der Waals surface area contributed by atoms with Gasteiger partial charge in [0.25, 0.3) is 0 Å². The molecular weight excluding hydrogens is 200 g/mol. The van der Waals surface area contributed by atoms with E-state index in [0.717, 1.165) is 13.0 Å². The van der Waals surface area contributed by atoms with Crippen molar-refractivity contribution in [3.8, 4) is 0 Å². The fourth-order valence-electron chi connectivity index (χ4n) is 2.48. The van der Waals surface area contributed by atoms with E-state index in [1.54, 1.807) is 4.90 Å². The number of amides is 2. The second-order valence-corrected chi connectivity index (χ2v) is 5.05. The van der Waals surface area contributed by atoms with Crippen LogP contribution in [-0.4, -0.2) is 24.0 Å². The Morgan fingerprint density at radius 3 is 2.75 bits per heavy atom. The molecule has 3 nitrogen and oxygen atoms in total. The average Bonchev–Trinajstić information content (AvgIpc) is 2.36. The highest BCUT2D eigenvalue weighted by Crippen LogP contribution is 2.30. The van der Waals surface area contributed by atoms with Gasteiger partial charge in [0.2, 0.25) is 0 Å². The van der Waals surface area contributed by atoms with Crippen LogP contribution in [-0.2, 0) is 11.8 Å². The quantitative estimate of drug-likeness (QED) is 0.710. The van der Waals surface area contributed by atoms with Gasteiger partial charge in [-0.1, -0.05) is 38.1 Å². The van der Waals surface area contributed by atoms with E-state index in [1.807, 2.05) is 0 Å². The van der Waals surface area contributed by atoms with E-state index >= 15 is 0 Å². The molecule has 2 N–H and O–H groups in total. The monoisotopic (exact) mass is 218 g/mol. The Morgan fingerprint density at radius 2 is 2.06 bits per heavy atom. The minimum atomic E-state index is -0.319. The van der Waals surface area contributed by atoms with Crippen molar-refractivity contribution in [2.45, 2.75) is 25.7 Å². The highest BCUT2D eigenvalue weighted by Gasteiger charge is 2.30. The molecule has 0 radical (unpaired) electrons. The lowest BCUT2D eigenvalue weighted by atomic mass is 9.82. The molecule has 16 heavy (non-hydrogen) atoms. The summed E-state index contributed by atoms with van der Waals surface area (Å²) in [6, 6.07) is 8.08. The molecule has 0 aliphatic carbocycles. The number of primary amides is 1. The predicted octanol–water partition coefficient (Wildman–Crippen LogP) is 1.90. The maximum absolute atomic E-state index is 11.3. The van der Waals surface area contributed by atoms with Crippen LogP contribution in [0.4, 0.5) is 4.79 Å². The lowest BCUT2D eigenvalue weighted by molar-refractivity contribution is 0.198. The minimum absolute atomic E-state index is 0.0257. The summed E-state index contributed by atoms with van der Waals surface area (Å²) in [5.74, 6) is 0. The summed E-state index contributed by atoms with van der Waals surface area (Å²) >= 11 is 0. The van der Waals surface area contributed by atoms with Crippen molar-refractivity contribution < 1.29 is 4.79 Å². The van der Waals surface area contributed by atoms with E-state index in [-0.39, 0.29) is 11.4 Å². The van der Waals surface area contributed by atoms with Crippen molar-refractivity contribution in [1.29, 1.82) is 0 Å². The smallest absolute Gasteiger partial charge is 0.314 e. The Balaban J connectivity index is 2.39. The first-order chi connectivity index (χ1) is 7.50. The maximum Gasteiger partial charge on any atom is 0.314 e. The Labute approximate surface area is 96.2 Å². The number of benzene rings is 1. The standard InChI is InChI=1S/C13H18N2O/c1-13(2)9-15(12(14)16)8-7-10-5-3-4-6-11(10)13/h3-6H,7-9H2,1-2H3,(H2,14,16). The summed E-state index contributed by atoms with van der Waals surface area (Å²) in [6.07, 6.45) is 0.891. The van der Waals surface area contributed by atoms with Crippen LogP contribution < -0.4 is 5.73 Å². The van der Waals surface area contributed by atoms with Gasteiger partial charge >= 0.3 is 6.03 Å². The van der Waals surface area contributed by atoms with Crippen molar-refractivity contribution in [3.05, 3.63) is 35.4 Å². The SMILES string of the molecule is CC1(C)CN(C(N)=O)CCc2ccccc21. The zero-order chi connectivity index (χ0) is 11.8. The summed E-state index contributed by atoms with van der Waals surface area (Å²) in [7, 11) is 0. The Morgan fingerprint density at radius 1 is 1.38 bits per heavy atom. The van der Waals surface area contributed by atoms with Crippen LogP contribution in [0.2, 0.25) is 0 Å². The van der Waals surface area contributed by atoms with Gasteiger partial charge in [0.05, 0.1) is 0 Å². The van der Waals surface area contributed by atoms with Gasteiger partial charge in [0.1, 0.15) is 0 Å². The Bertz CT molecular complexity index is 412. The molecule has 0 fully saturated rings. The van der Waals surface area contributed by atoms with Crippen molar-refractivity contribution >= 4 is 6.03 Å². The molecule has 0 bridgehead atoms. The molecule has 0 unspecified atom stereocenters. The van der Waals surface area contributed by atoms with E-state index in [0.29, 0.717) is 6.54 Å². The van der Waals surface area contributed by atoms with Gasteiger partial charge in [0, 0.05) is 18.5 Å². The first-order valence-electron chi connectivity index (χ1n) is 5.63. The van der Waals surface area contributed by atoms with E-state index in [2.05, 4.69) is 38.1 Å². The molecule has 0 aromatic heterocycles. The van der Waals surface area contributed by atoms with Crippen LogP contribution in [0, 0.1) is 0 Å². The van der Waals surface area contributed by atoms with Crippen molar-refractivity contribution in [1.82, 2.24) is 4.90 Å². The number of fused-ring (bicyclic) bond motifs is 1. The van der Waals surface area contributed by atoms with Crippen LogP contribution in [0.15, 0.2) is 24.3 Å². The molecule has 1 aliphatic rings. The predicted molar refractivity (Wildman–Crippen MR) is 64.3 cm³/mol. The van der Waals surface area contributed by atoms with Crippen molar-refractivity contribution in [2.75, 3.05) is 13.1 Å². The Hall–Kier alpha value is -1.51. The van der Waals surface area contributed by atoms with Crippen molar-refractivity contribution in [2.24, 2.45) is 5.73 Å². The molecule has 0 atom stereocenters. The molecule has 2 rings (SSSR count). The lowest BCUT2D eigenvalue weighted by Gasteiger charge is -2.29. The number of urea groups is 1. The number of carbonyl (C=O) groups excluding carboxylic acids is 1. The third kappa shape index (κ3) is 1.90. The second-order valence-electron chi connectivity index (χ2n) is 5.05. The largest absolute Gasteiger partial charge is 0.351 e. The third-order valence-corrected chi connectivity index (χ3v) is 3.30. The average molecular weight is 218 g/mol.